The third kappa shape index (κ3) is 2.23. The zero-order chi connectivity index (χ0) is 15.0. The Morgan fingerprint density at radius 3 is 2.33 bits per heavy atom. The Morgan fingerprint density at radius 2 is 1.57 bits per heavy atom. The molecule has 0 N–H and O–H groups in total. The van der Waals surface area contributed by atoms with Crippen LogP contribution < -0.4 is 5.63 Å². The molecule has 0 saturated heterocycles. The van der Waals surface area contributed by atoms with E-state index in [0.717, 1.165) is 12.1 Å². The summed E-state index contributed by atoms with van der Waals surface area (Å²) in [6, 6.07) is 12.6. The first-order valence-corrected chi connectivity index (χ1v) is 7.51. The molecule has 0 unspecified atom stereocenters. The lowest BCUT2D eigenvalue weighted by atomic mass is 10.2. The maximum Gasteiger partial charge on any atom is 0.355 e. The molecule has 6 heteroatoms. The minimum absolute atomic E-state index is 0.273. The number of para-hydroxylation sites is 1. The van der Waals surface area contributed by atoms with Gasteiger partial charge < -0.3 is 4.42 Å². The second kappa shape index (κ2) is 4.82. The Kier molecular flexibility index (Phi) is 3.10. The third-order valence-corrected chi connectivity index (χ3v) is 4.80. The second-order valence-corrected chi connectivity index (χ2v) is 6.26. The van der Waals surface area contributed by atoms with Crippen molar-refractivity contribution in [1.82, 2.24) is 0 Å². The van der Waals surface area contributed by atoms with Gasteiger partial charge in [-0.05, 0) is 24.3 Å². The number of halogens is 1. The molecule has 0 fully saturated rings. The van der Waals surface area contributed by atoms with Crippen molar-refractivity contribution in [3.05, 3.63) is 70.8 Å². The van der Waals surface area contributed by atoms with E-state index in [4.69, 9.17) is 4.42 Å². The average molecular weight is 304 g/mol. The largest absolute Gasteiger partial charge is 0.422 e. The molecule has 2 aromatic carbocycles. The molecule has 0 spiro atoms. The summed E-state index contributed by atoms with van der Waals surface area (Å²) in [5, 5.41) is 0.451. The van der Waals surface area contributed by atoms with Crippen molar-refractivity contribution in [3.63, 3.8) is 0 Å². The molecule has 1 aromatic heterocycles. The van der Waals surface area contributed by atoms with Gasteiger partial charge in [-0.15, -0.1) is 0 Å². The first-order chi connectivity index (χ1) is 10.00. The van der Waals surface area contributed by atoms with Crippen molar-refractivity contribution >= 4 is 20.8 Å². The lowest BCUT2D eigenvalue weighted by Gasteiger charge is -2.05. The fourth-order valence-corrected chi connectivity index (χ4v) is 3.37. The highest BCUT2D eigenvalue weighted by Crippen LogP contribution is 2.23. The third-order valence-electron chi connectivity index (χ3n) is 3.03. The quantitative estimate of drug-likeness (QED) is 0.683. The molecule has 0 aliphatic heterocycles. The Balaban J connectivity index is 2.32. The summed E-state index contributed by atoms with van der Waals surface area (Å²) < 4.78 is 43.5. The van der Waals surface area contributed by atoms with Crippen LogP contribution in [-0.4, -0.2) is 8.42 Å². The van der Waals surface area contributed by atoms with Crippen molar-refractivity contribution in [1.29, 1.82) is 0 Å². The van der Waals surface area contributed by atoms with E-state index in [1.807, 2.05) is 0 Å². The lowest BCUT2D eigenvalue weighted by Crippen LogP contribution is -2.15. The van der Waals surface area contributed by atoms with Gasteiger partial charge in [0.25, 0.3) is 0 Å². The van der Waals surface area contributed by atoms with Crippen molar-refractivity contribution < 1.29 is 17.2 Å². The van der Waals surface area contributed by atoms with Gasteiger partial charge in [0.15, 0.2) is 4.90 Å². The van der Waals surface area contributed by atoms with E-state index in [0.29, 0.717) is 5.39 Å². The minimum Gasteiger partial charge on any atom is -0.422 e. The molecule has 0 aliphatic rings. The number of rotatable bonds is 2. The van der Waals surface area contributed by atoms with Gasteiger partial charge in [0.2, 0.25) is 9.84 Å². The number of sulfone groups is 1. The monoisotopic (exact) mass is 304 g/mol. The number of hydrogen-bond donors (Lipinski definition) is 0. The van der Waals surface area contributed by atoms with Crippen LogP contribution in [0.15, 0.2) is 73.6 Å². The molecule has 0 atom stereocenters. The van der Waals surface area contributed by atoms with Crippen molar-refractivity contribution in [2.75, 3.05) is 0 Å². The van der Waals surface area contributed by atoms with E-state index >= 15 is 0 Å². The topological polar surface area (TPSA) is 64.3 Å². The van der Waals surface area contributed by atoms with Crippen molar-refractivity contribution in [2.45, 2.75) is 9.79 Å². The van der Waals surface area contributed by atoms with Gasteiger partial charge >= 0.3 is 5.63 Å². The van der Waals surface area contributed by atoms with E-state index in [1.165, 1.54) is 18.2 Å². The molecule has 106 valence electrons. The maximum absolute atomic E-state index is 13.7. The molecule has 0 aliphatic carbocycles. The van der Waals surface area contributed by atoms with Crippen LogP contribution in [0.3, 0.4) is 0 Å². The normalized spacial score (nSPS) is 11.7. The Labute approximate surface area is 119 Å². The first kappa shape index (κ1) is 13.5. The fraction of sp³-hybridized carbons (Fsp3) is 0. The summed E-state index contributed by atoms with van der Waals surface area (Å²) in [6.45, 7) is 0. The predicted octanol–water partition coefficient (Wildman–Crippen LogP) is 2.76. The van der Waals surface area contributed by atoms with Crippen LogP contribution >= 0.6 is 0 Å². The van der Waals surface area contributed by atoms with Crippen molar-refractivity contribution in [3.8, 4) is 0 Å². The summed E-state index contributed by atoms with van der Waals surface area (Å²) in [4.78, 5) is 10.8. The summed E-state index contributed by atoms with van der Waals surface area (Å²) in [5.41, 5.74) is -0.744. The van der Waals surface area contributed by atoms with E-state index in [-0.39, 0.29) is 5.58 Å². The van der Waals surface area contributed by atoms with Crippen LogP contribution in [0.4, 0.5) is 4.39 Å². The van der Waals surface area contributed by atoms with Gasteiger partial charge in [0.1, 0.15) is 16.3 Å². The minimum atomic E-state index is -4.27. The smallest absolute Gasteiger partial charge is 0.355 e. The van der Waals surface area contributed by atoms with E-state index in [9.17, 15) is 17.6 Å². The molecule has 0 saturated carbocycles. The number of hydrogen-bond acceptors (Lipinski definition) is 4. The summed E-state index contributed by atoms with van der Waals surface area (Å²) in [5.74, 6) is -0.912. The molecule has 4 nitrogen and oxygen atoms in total. The highest BCUT2D eigenvalue weighted by atomic mass is 32.2. The molecular weight excluding hydrogens is 295 g/mol. The summed E-state index contributed by atoms with van der Waals surface area (Å²) in [7, 11) is -4.27. The Morgan fingerprint density at radius 1 is 0.905 bits per heavy atom. The maximum atomic E-state index is 13.7. The summed E-state index contributed by atoms with van der Waals surface area (Å²) >= 11 is 0. The highest BCUT2D eigenvalue weighted by molar-refractivity contribution is 7.91. The standard InChI is InChI=1S/C15H9FO4S/c16-11-6-2-4-8-13(11)21(18,19)14-9-10-5-1-3-7-12(10)20-15(14)17/h1-9H. The SMILES string of the molecule is O=c1oc2ccccc2cc1S(=O)(=O)c1ccccc1F. The van der Waals surface area contributed by atoms with Crippen molar-refractivity contribution in [2.24, 2.45) is 0 Å². The molecule has 3 aromatic rings. The highest BCUT2D eigenvalue weighted by Gasteiger charge is 2.26. The van der Waals surface area contributed by atoms with Crippen LogP contribution in [0.2, 0.25) is 0 Å². The lowest BCUT2D eigenvalue weighted by molar-refractivity contribution is 0.529. The fourth-order valence-electron chi connectivity index (χ4n) is 2.01. The number of benzene rings is 2. The molecule has 0 amide bonds. The molecular formula is C15H9FO4S. The van der Waals surface area contributed by atoms with Gasteiger partial charge in [0.05, 0.1) is 0 Å². The van der Waals surface area contributed by atoms with Crippen LogP contribution in [-0.2, 0) is 9.84 Å². The molecule has 1 heterocycles. The van der Waals surface area contributed by atoms with Crippen LogP contribution in [0, 0.1) is 5.82 Å². The summed E-state index contributed by atoms with van der Waals surface area (Å²) in [6.07, 6.45) is 0. The van der Waals surface area contributed by atoms with Crippen LogP contribution in [0.25, 0.3) is 11.0 Å². The number of fused-ring (bicyclic) bond motifs is 1. The molecule has 3 rings (SSSR count). The average Bonchev–Trinajstić information content (AvgIpc) is 2.46. The predicted molar refractivity (Wildman–Crippen MR) is 74.3 cm³/mol. The Bertz CT molecular complexity index is 990. The zero-order valence-corrected chi connectivity index (χ0v) is 11.4. The van der Waals surface area contributed by atoms with Gasteiger partial charge in [-0.1, -0.05) is 30.3 Å². The second-order valence-electron chi connectivity index (χ2n) is 4.37. The van der Waals surface area contributed by atoms with E-state index < -0.39 is 31.1 Å². The molecule has 0 radical (unpaired) electrons. The molecule has 0 bridgehead atoms. The first-order valence-electron chi connectivity index (χ1n) is 6.02. The molecule has 21 heavy (non-hydrogen) atoms. The van der Waals surface area contributed by atoms with Crippen LogP contribution in [0.1, 0.15) is 0 Å². The van der Waals surface area contributed by atoms with Crippen LogP contribution in [0.5, 0.6) is 0 Å². The van der Waals surface area contributed by atoms with Gasteiger partial charge in [-0.2, -0.15) is 0 Å². The van der Waals surface area contributed by atoms with Gasteiger partial charge in [0, 0.05) is 5.39 Å². The van der Waals surface area contributed by atoms with Gasteiger partial charge in [-0.25, -0.2) is 17.6 Å². The van der Waals surface area contributed by atoms with Gasteiger partial charge in [-0.3, -0.25) is 0 Å². The Hall–Kier alpha value is -2.47. The van der Waals surface area contributed by atoms with E-state index in [2.05, 4.69) is 0 Å². The van der Waals surface area contributed by atoms with E-state index in [1.54, 1.807) is 24.3 Å². The zero-order valence-electron chi connectivity index (χ0n) is 10.6.